The van der Waals surface area contributed by atoms with Crippen LogP contribution in [0.5, 0.6) is 0 Å². The van der Waals surface area contributed by atoms with Crippen LogP contribution in [-0.4, -0.2) is 9.97 Å². The predicted molar refractivity (Wildman–Crippen MR) is 44.0 cm³/mol. The van der Waals surface area contributed by atoms with Crippen LogP contribution in [0.3, 0.4) is 0 Å². The lowest BCUT2D eigenvalue weighted by Gasteiger charge is -1.93. The van der Waals surface area contributed by atoms with Crippen LogP contribution < -0.4 is 0 Å². The summed E-state index contributed by atoms with van der Waals surface area (Å²) < 4.78 is 12.6. The van der Waals surface area contributed by atoms with Gasteiger partial charge in [-0.15, -0.1) is 0 Å². The Morgan fingerprint density at radius 1 is 1.33 bits per heavy atom. The molecule has 2 nitrogen and oxygen atoms in total. The van der Waals surface area contributed by atoms with E-state index in [1.807, 2.05) is 18.2 Å². The van der Waals surface area contributed by atoms with Crippen LogP contribution >= 0.6 is 0 Å². The zero-order chi connectivity index (χ0) is 8.39. The van der Waals surface area contributed by atoms with Gasteiger partial charge in [-0.1, -0.05) is 6.07 Å². The van der Waals surface area contributed by atoms with Gasteiger partial charge in [0.2, 0.25) is 0 Å². The summed E-state index contributed by atoms with van der Waals surface area (Å²) in [5.41, 5.74) is 1.45. The van der Waals surface area contributed by atoms with E-state index >= 15 is 0 Å². The van der Waals surface area contributed by atoms with E-state index in [2.05, 4.69) is 9.97 Å². The minimum absolute atomic E-state index is 0.268. The first-order valence-corrected chi connectivity index (χ1v) is 3.61. The number of halogens is 1. The SMILES string of the molecule is Fc1c[nH]c(-c2ccccn2)c1. The molecule has 0 atom stereocenters. The predicted octanol–water partition coefficient (Wildman–Crippen LogP) is 2.22. The number of aromatic nitrogens is 2. The van der Waals surface area contributed by atoms with Crippen LogP contribution in [0.15, 0.2) is 36.7 Å². The maximum absolute atomic E-state index is 12.6. The molecule has 0 spiro atoms. The highest BCUT2D eigenvalue weighted by molar-refractivity contribution is 5.53. The van der Waals surface area contributed by atoms with E-state index in [0.717, 1.165) is 5.69 Å². The van der Waals surface area contributed by atoms with Gasteiger partial charge in [0.15, 0.2) is 0 Å². The fourth-order valence-corrected chi connectivity index (χ4v) is 1.04. The second-order valence-corrected chi connectivity index (χ2v) is 2.45. The summed E-state index contributed by atoms with van der Waals surface area (Å²) in [6, 6.07) is 6.93. The number of nitrogens with one attached hydrogen (secondary N) is 1. The Morgan fingerprint density at radius 3 is 2.83 bits per heavy atom. The van der Waals surface area contributed by atoms with Gasteiger partial charge in [-0.05, 0) is 12.1 Å². The molecule has 0 aliphatic rings. The number of nitrogens with zero attached hydrogens (tertiary/aromatic N) is 1. The lowest BCUT2D eigenvalue weighted by atomic mass is 10.3. The molecule has 2 aromatic rings. The molecule has 0 aliphatic heterocycles. The lowest BCUT2D eigenvalue weighted by molar-refractivity contribution is 0.630. The summed E-state index contributed by atoms with van der Waals surface area (Å²) in [7, 11) is 0. The largest absolute Gasteiger partial charge is 0.357 e. The molecule has 0 bridgehead atoms. The number of hydrogen-bond acceptors (Lipinski definition) is 1. The summed E-state index contributed by atoms with van der Waals surface area (Å²) in [4.78, 5) is 6.85. The lowest BCUT2D eigenvalue weighted by Crippen LogP contribution is -1.79. The van der Waals surface area contributed by atoms with Gasteiger partial charge in [-0.2, -0.15) is 0 Å². The van der Waals surface area contributed by atoms with Crippen molar-refractivity contribution < 1.29 is 4.39 Å². The monoisotopic (exact) mass is 162 g/mol. The van der Waals surface area contributed by atoms with Gasteiger partial charge in [0.25, 0.3) is 0 Å². The second kappa shape index (κ2) is 2.77. The summed E-state index contributed by atoms with van der Waals surface area (Å²) in [5, 5.41) is 0. The van der Waals surface area contributed by atoms with Crippen molar-refractivity contribution in [2.24, 2.45) is 0 Å². The summed E-state index contributed by atoms with van der Waals surface area (Å²) in [5.74, 6) is -0.268. The molecule has 2 heterocycles. The fourth-order valence-electron chi connectivity index (χ4n) is 1.04. The van der Waals surface area contributed by atoms with E-state index in [1.54, 1.807) is 6.20 Å². The third-order valence-electron chi connectivity index (χ3n) is 1.59. The Bertz CT molecular complexity index is 367. The summed E-state index contributed by atoms with van der Waals surface area (Å²) in [6.45, 7) is 0. The third-order valence-corrected chi connectivity index (χ3v) is 1.59. The topological polar surface area (TPSA) is 28.7 Å². The molecule has 1 N–H and O–H groups in total. The number of hydrogen-bond donors (Lipinski definition) is 1. The van der Waals surface area contributed by atoms with Gasteiger partial charge in [0, 0.05) is 18.5 Å². The Morgan fingerprint density at radius 2 is 2.25 bits per heavy atom. The van der Waals surface area contributed by atoms with Crippen molar-refractivity contribution in [3.05, 3.63) is 42.5 Å². The van der Waals surface area contributed by atoms with Crippen LogP contribution in [-0.2, 0) is 0 Å². The van der Waals surface area contributed by atoms with Crippen LogP contribution in [0.25, 0.3) is 11.4 Å². The van der Waals surface area contributed by atoms with E-state index in [1.165, 1.54) is 12.3 Å². The molecule has 0 saturated carbocycles. The first kappa shape index (κ1) is 7.03. The number of H-pyrrole nitrogens is 1. The van der Waals surface area contributed by atoms with Crippen LogP contribution in [0.4, 0.5) is 4.39 Å². The molecular weight excluding hydrogens is 155 g/mol. The quantitative estimate of drug-likeness (QED) is 0.684. The van der Waals surface area contributed by atoms with Gasteiger partial charge in [-0.25, -0.2) is 4.39 Å². The normalized spacial score (nSPS) is 10.1. The van der Waals surface area contributed by atoms with Crippen molar-refractivity contribution >= 4 is 0 Å². The highest BCUT2D eigenvalue weighted by atomic mass is 19.1. The standard InChI is InChI=1S/C9H7FN2/c10-7-5-9(12-6-7)8-3-1-2-4-11-8/h1-6,12H. The van der Waals surface area contributed by atoms with Gasteiger partial charge >= 0.3 is 0 Å². The Balaban J connectivity index is 2.45. The van der Waals surface area contributed by atoms with Gasteiger partial charge in [-0.3, -0.25) is 4.98 Å². The average Bonchev–Trinajstić information content (AvgIpc) is 2.54. The molecule has 0 aliphatic carbocycles. The van der Waals surface area contributed by atoms with Gasteiger partial charge in [0.05, 0.1) is 11.4 Å². The molecule has 0 saturated heterocycles. The van der Waals surface area contributed by atoms with Crippen molar-refractivity contribution in [3.8, 4) is 11.4 Å². The van der Waals surface area contributed by atoms with Crippen LogP contribution in [0.1, 0.15) is 0 Å². The molecule has 60 valence electrons. The van der Waals surface area contributed by atoms with Crippen molar-refractivity contribution in [3.63, 3.8) is 0 Å². The Kier molecular flexibility index (Phi) is 1.63. The third kappa shape index (κ3) is 1.21. The van der Waals surface area contributed by atoms with Crippen molar-refractivity contribution in [1.29, 1.82) is 0 Å². The highest BCUT2D eigenvalue weighted by Gasteiger charge is 2.00. The number of pyridine rings is 1. The second-order valence-electron chi connectivity index (χ2n) is 2.45. The smallest absolute Gasteiger partial charge is 0.141 e. The molecule has 3 heteroatoms. The Labute approximate surface area is 69.1 Å². The molecular formula is C9H7FN2. The highest BCUT2D eigenvalue weighted by Crippen LogP contribution is 2.14. The minimum atomic E-state index is -0.268. The molecule has 0 unspecified atom stereocenters. The average molecular weight is 162 g/mol. The van der Waals surface area contributed by atoms with E-state index < -0.39 is 0 Å². The van der Waals surface area contributed by atoms with E-state index in [4.69, 9.17) is 0 Å². The number of rotatable bonds is 1. The van der Waals surface area contributed by atoms with Gasteiger partial charge < -0.3 is 4.98 Å². The Hall–Kier alpha value is -1.64. The zero-order valence-corrected chi connectivity index (χ0v) is 6.29. The first-order chi connectivity index (χ1) is 5.86. The molecule has 12 heavy (non-hydrogen) atoms. The zero-order valence-electron chi connectivity index (χ0n) is 6.29. The molecule has 2 rings (SSSR count). The van der Waals surface area contributed by atoms with Crippen molar-refractivity contribution in [1.82, 2.24) is 9.97 Å². The molecule has 2 aromatic heterocycles. The first-order valence-electron chi connectivity index (χ1n) is 3.61. The molecule has 0 radical (unpaired) electrons. The van der Waals surface area contributed by atoms with Crippen LogP contribution in [0, 0.1) is 5.82 Å². The van der Waals surface area contributed by atoms with Crippen molar-refractivity contribution in [2.45, 2.75) is 0 Å². The fraction of sp³-hybridized carbons (Fsp3) is 0. The maximum Gasteiger partial charge on any atom is 0.141 e. The van der Waals surface area contributed by atoms with E-state index in [0.29, 0.717) is 5.69 Å². The van der Waals surface area contributed by atoms with E-state index in [-0.39, 0.29) is 5.82 Å². The van der Waals surface area contributed by atoms with E-state index in [9.17, 15) is 4.39 Å². The molecule has 0 amide bonds. The number of aromatic amines is 1. The maximum atomic E-state index is 12.6. The van der Waals surface area contributed by atoms with Crippen LogP contribution in [0.2, 0.25) is 0 Å². The minimum Gasteiger partial charge on any atom is -0.357 e. The summed E-state index contributed by atoms with van der Waals surface area (Å²) in [6.07, 6.45) is 2.98. The molecule has 0 fully saturated rings. The molecule has 0 aromatic carbocycles. The summed E-state index contributed by atoms with van der Waals surface area (Å²) >= 11 is 0. The van der Waals surface area contributed by atoms with Crippen molar-refractivity contribution in [2.75, 3.05) is 0 Å². The van der Waals surface area contributed by atoms with Gasteiger partial charge in [0.1, 0.15) is 5.82 Å².